The average Bonchev–Trinajstić information content (AvgIpc) is 3.12. The number of hydrogen-bond donors (Lipinski definition) is 0. The van der Waals surface area contributed by atoms with Crippen LogP contribution >= 0.6 is 23.1 Å². The molecule has 0 spiro atoms. The maximum Gasteiger partial charge on any atom is 0.214 e. The van der Waals surface area contributed by atoms with Crippen LogP contribution in [0.4, 0.5) is 0 Å². The van der Waals surface area contributed by atoms with Gasteiger partial charge < -0.3 is 0 Å². The van der Waals surface area contributed by atoms with E-state index in [9.17, 15) is 4.79 Å². The van der Waals surface area contributed by atoms with Crippen LogP contribution in [0.3, 0.4) is 0 Å². The molecule has 0 amide bonds. The fourth-order valence-electron chi connectivity index (χ4n) is 2.12. The Morgan fingerprint density at radius 1 is 1.27 bits per heavy atom. The maximum atomic E-state index is 12.3. The second-order valence-electron chi connectivity index (χ2n) is 4.75. The number of para-hydroxylation sites is 1. The van der Waals surface area contributed by atoms with Gasteiger partial charge in [-0.2, -0.15) is 4.68 Å². The molecular weight excluding hydrogens is 316 g/mol. The zero-order chi connectivity index (χ0) is 15.5. The number of tetrazole rings is 1. The Kier molecular flexibility index (Phi) is 4.35. The monoisotopic (exact) mass is 330 g/mol. The first kappa shape index (κ1) is 14.9. The van der Waals surface area contributed by atoms with Crippen LogP contribution < -0.4 is 0 Å². The van der Waals surface area contributed by atoms with E-state index in [1.54, 1.807) is 16.0 Å². The molecule has 3 aromatic rings. The summed E-state index contributed by atoms with van der Waals surface area (Å²) in [5.41, 5.74) is 1.68. The molecule has 2 aromatic heterocycles. The predicted octanol–water partition coefficient (Wildman–Crippen LogP) is 3.32. The van der Waals surface area contributed by atoms with Crippen molar-refractivity contribution in [2.75, 3.05) is 5.75 Å². The van der Waals surface area contributed by atoms with Crippen molar-refractivity contribution >= 4 is 28.9 Å². The van der Waals surface area contributed by atoms with Gasteiger partial charge in [0, 0.05) is 15.3 Å². The van der Waals surface area contributed by atoms with Crippen molar-refractivity contribution in [1.29, 1.82) is 0 Å². The van der Waals surface area contributed by atoms with Crippen molar-refractivity contribution in [3.8, 4) is 5.69 Å². The van der Waals surface area contributed by atoms with E-state index in [0.717, 1.165) is 21.0 Å². The Bertz CT molecular complexity index is 795. The molecule has 0 atom stereocenters. The number of carbonyl (C=O) groups excluding carboxylic acids is 1. The Morgan fingerprint density at radius 2 is 2.05 bits per heavy atom. The molecule has 0 aliphatic heterocycles. The highest BCUT2D eigenvalue weighted by Gasteiger charge is 2.15. The first-order valence-corrected chi connectivity index (χ1v) is 8.52. The van der Waals surface area contributed by atoms with Gasteiger partial charge in [0.05, 0.1) is 11.4 Å². The maximum absolute atomic E-state index is 12.3. The number of ketones is 1. The normalized spacial score (nSPS) is 10.8. The summed E-state index contributed by atoms with van der Waals surface area (Å²) in [6, 6.07) is 11.6. The molecular formula is C15H14N4OS2. The lowest BCUT2D eigenvalue weighted by atomic mass is 10.2. The van der Waals surface area contributed by atoms with Crippen molar-refractivity contribution in [3.05, 3.63) is 51.7 Å². The molecule has 0 N–H and O–H groups in total. The van der Waals surface area contributed by atoms with Crippen molar-refractivity contribution in [2.24, 2.45) is 0 Å². The fraction of sp³-hybridized carbons (Fsp3) is 0.200. The number of thiophene rings is 1. The first-order valence-electron chi connectivity index (χ1n) is 6.72. The van der Waals surface area contributed by atoms with E-state index in [2.05, 4.69) is 15.5 Å². The minimum absolute atomic E-state index is 0.106. The summed E-state index contributed by atoms with van der Waals surface area (Å²) in [4.78, 5) is 14.5. The Morgan fingerprint density at radius 3 is 2.73 bits per heavy atom. The number of aryl methyl sites for hydroxylation is 2. The summed E-state index contributed by atoms with van der Waals surface area (Å²) in [6.45, 7) is 3.99. The van der Waals surface area contributed by atoms with Gasteiger partial charge in [-0.15, -0.1) is 16.4 Å². The average molecular weight is 330 g/mol. The fourth-order valence-corrected chi connectivity index (χ4v) is 3.83. The number of thioether (sulfide) groups is 1. The molecule has 0 fully saturated rings. The largest absolute Gasteiger partial charge is 0.293 e. The highest BCUT2D eigenvalue weighted by Crippen LogP contribution is 2.24. The van der Waals surface area contributed by atoms with Gasteiger partial charge in [0.2, 0.25) is 5.16 Å². The Labute approximate surface area is 136 Å². The van der Waals surface area contributed by atoms with Crippen LogP contribution in [-0.4, -0.2) is 31.7 Å². The van der Waals surface area contributed by atoms with Crippen LogP contribution in [-0.2, 0) is 0 Å². The summed E-state index contributed by atoms with van der Waals surface area (Å²) in [6.07, 6.45) is 0. The number of rotatable bonds is 5. The SMILES string of the molecule is Cc1cc(C(=O)CSc2nnnn2-c2ccccc2)c(C)s1. The summed E-state index contributed by atoms with van der Waals surface area (Å²) >= 11 is 3.00. The highest BCUT2D eigenvalue weighted by molar-refractivity contribution is 7.99. The molecule has 0 bridgehead atoms. The smallest absolute Gasteiger partial charge is 0.214 e. The Hall–Kier alpha value is -1.99. The zero-order valence-electron chi connectivity index (χ0n) is 12.2. The predicted molar refractivity (Wildman–Crippen MR) is 88.0 cm³/mol. The minimum atomic E-state index is 0.106. The van der Waals surface area contributed by atoms with Gasteiger partial charge in [-0.3, -0.25) is 4.79 Å². The molecule has 0 radical (unpaired) electrons. The van der Waals surface area contributed by atoms with Crippen LogP contribution in [0, 0.1) is 13.8 Å². The number of benzene rings is 1. The van der Waals surface area contributed by atoms with Crippen molar-refractivity contribution in [2.45, 2.75) is 19.0 Å². The zero-order valence-corrected chi connectivity index (χ0v) is 13.8. The van der Waals surface area contributed by atoms with Gasteiger partial charge >= 0.3 is 0 Å². The second-order valence-corrected chi connectivity index (χ2v) is 7.15. The molecule has 0 saturated heterocycles. The molecule has 22 heavy (non-hydrogen) atoms. The molecule has 5 nitrogen and oxygen atoms in total. The van der Waals surface area contributed by atoms with Crippen molar-refractivity contribution in [1.82, 2.24) is 20.2 Å². The number of hydrogen-bond acceptors (Lipinski definition) is 6. The third kappa shape index (κ3) is 3.10. The third-order valence-electron chi connectivity index (χ3n) is 3.12. The van der Waals surface area contributed by atoms with E-state index in [0.29, 0.717) is 10.9 Å². The number of nitrogens with zero attached hydrogens (tertiary/aromatic N) is 4. The number of Topliss-reactive ketones (excluding diaryl/α,β-unsaturated/α-hetero) is 1. The summed E-state index contributed by atoms with van der Waals surface area (Å²) < 4.78 is 1.64. The third-order valence-corrected chi connectivity index (χ3v) is 5.00. The van der Waals surface area contributed by atoms with E-state index in [1.165, 1.54) is 11.8 Å². The topological polar surface area (TPSA) is 60.7 Å². The van der Waals surface area contributed by atoms with Crippen LogP contribution in [0.2, 0.25) is 0 Å². The standard InChI is InChI=1S/C15H14N4OS2/c1-10-8-13(11(2)22-10)14(20)9-21-15-16-17-18-19(15)12-6-4-3-5-7-12/h3-8H,9H2,1-2H3. The van der Waals surface area contributed by atoms with Crippen LogP contribution in [0.5, 0.6) is 0 Å². The Balaban J connectivity index is 1.74. The molecule has 3 rings (SSSR count). The van der Waals surface area contributed by atoms with Gasteiger partial charge in [-0.05, 0) is 42.5 Å². The molecule has 112 valence electrons. The molecule has 0 saturated carbocycles. The lowest BCUT2D eigenvalue weighted by Gasteiger charge is -2.03. The number of aromatic nitrogens is 4. The van der Waals surface area contributed by atoms with Crippen LogP contribution in [0.15, 0.2) is 41.6 Å². The van der Waals surface area contributed by atoms with E-state index in [4.69, 9.17) is 0 Å². The van der Waals surface area contributed by atoms with E-state index >= 15 is 0 Å². The van der Waals surface area contributed by atoms with Crippen molar-refractivity contribution in [3.63, 3.8) is 0 Å². The molecule has 0 aliphatic carbocycles. The van der Waals surface area contributed by atoms with Gasteiger partial charge in [-0.25, -0.2) is 0 Å². The van der Waals surface area contributed by atoms with Crippen LogP contribution in [0.25, 0.3) is 5.69 Å². The van der Waals surface area contributed by atoms with Crippen LogP contribution in [0.1, 0.15) is 20.1 Å². The minimum Gasteiger partial charge on any atom is -0.293 e. The van der Waals surface area contributed by atoms with E-state index in [1.807, 2.05) is 50.2 Å². The quantitative estimate of drug-likeness (QED) is 0.530. The van der Waals surface area contributed by atoms with E-state index in [-0.39, 0.29) is 5.78 Å². The summed E-state index contributed by atoms with van der Waals surface area (Å²) in [5.74, 6) is 0.430. The lowest BCUT2D eigenvalue weighted by Crippen LogP contribution is -2.05. The van der Waals surface area contributed by atoms with Crippen molar-refractivity contribution < 1.29 is 4.79 Å². The van der Waals surface area contributed by atoms with E-state index < -0.39 is 0 Å². The second kappa shape index (κ2) is 6.41. The molecule has 1 aromatic carbocycles. The van der Waals surface area contributed by atoms with Gasteiger partial charge in [0.15, 0.2) is 5.78 Å². The summed E-state index contributed by atoms with van der Waals surface area (Å²) in [5, 5.41) is 12.3. The molecule has 2 heterocycles. The molecule has 7 heteroatoms. The van der Waals surface area contributed by atoms with Gasteiger partial charge in [0.25, 0.3) is 0 Å². The lowest BCUT2D eigenvalue weighted by molar-refractivity contribution is 0.102. The number of carbonyl (C=O) groups is 1. The highest BCUT2D eigenvalue weighted by atomic mass is 32.2. The molecule has 0 unspecified atom stereocenters. The van der Waals surface area contributed by atoms with Gasteiger partial charge in [-0.1, -0.05) is 30.0 Å². The molecule has 0 aliphatic rings. The first-order chi connectivity index (χ1) is 10.6. The summed E-state index contributed by atoms with van der Waals surface area (Å²) in [7, 11) is 0. The van der Waals surface area contributed by atoms with Gasteiger partial charge in [0.1, 0.15) is 0 Å².